The highest BCUT2D eigenvalue weighted by Gasteiger charge is 2.44. The summed E-state index contributed by atoms with van der Waals surface area (Å²) in [5.41, 5.74) is 2.56. The number of halogens is 1. The van der Waals surface area contributed by atoms with E-state index in [2.05, 4.69) is 20.3 Å². The Morgan fingerprint density at radius 1 is 1.27 bits per heavy atom. The van der Waals surface area contributed by atoms with Gasteiger partial charge in [-0.3, -0.25) is 10.1 Å². The summed E-state index contributed by atoms with van der Waals surface area (Å²) < 4.78 is 0. The maximum absolute atomic E-state index is 12.3. The Hall–Kier alpha value is -2.40. The summed E-state index contributed by atoms with van der Waals surface area (Å²) >= 11 is 5.88. The van der Waals surface area contributed by atoms with Crippen molar-refractivity contribution in [1.29, 1.82) is 0 Å². The second-order valence-corrected chi connectivity index (χ2v) is 5.89. The number of fused-ring (bicyclic) bond motifs is 1. The summed E-state index contributed by atoms with van der Waals surface area (Å²) in [5.74, 6) is 0.682. The summed E-state index contributed by atoms with van der Waals surface area (Å²) in [7, 11) is 0. The lowest BCUT2D eigenvalue weighted by atomic mass is 10.1. The molecule has 2 atom stereocenters. The molecule has 2 heterocycles. The predicted octanol–water partition coefficient (Wildman–Crippen LogP) is 3.35. The van der Waals surface area contributed by atoms with Crippen LogP contribution in [-0.4, -0.2) is 20.9 Å². The Morgan fingerprint density at radius 3 is 2.86 bits per heavy atom. The summed E-state index contributed by atoms with van der Waals surface area (Å²) in [6.45, 7) is 0. The largest absolute Gasteiger partial charge is 0.322 e. The number of rotatable bonds is 3. The molecule has 1 amide bonds. The second kappa shape index (κ2) is 5.10. The van der Waals surface area contributed by atoms with Crippen molar-refractivity contribution in [3.05, 3.63) is 53.2 Å². The van der Waals surface area contributed by atoms with Crippen LogP contribution >= 0.6 is 11.6 Å². The van der Waals surface area contributed by atoms with Gasteiger partial charge in [0.25, 0.3) is 0 Å². The molecule has 5 nitrogen and oxygen atoms in total. The van der Waals surface area contributed by atoms with E-state index in [1.807, 2.05) is 36.4 Å². The molecule has 0 bridgehead atoms. The van der Waals surface area contributed by atoms with E-state index in [1.165, 1.54) is 0 Å². The quantitative estimate of drug-likeness (QED) is 0.779. The number of hydrogen-bond acceptors (Lipinski definition) is 3. The summed E-state index contributed by atoms with van der Waals surface area (Å²) in [4.78, 5) is 23.7. The minimum Gasteiger partial charge on any atom is -0.322 e. The van der Waals surface area contributed by atoms with Crippen LogP contribution in [0.5, 0.6) is 0 Å². The minimum atomic E-state index is -0.0148. The van der Waals surface area contributed by atoms with Gasteiger partial charge in [-0.2, -0.15) is 4.98 Å². The van der Waals surface area contributed by atoms with Gasteiger partial charge < -0.3 is 4.98 Å². The van der Waals surface area contributed by atoms with Gasteiger partial charge in [0.15, 0.2) is 5.65 Å². The number of H-pyrrole nitrogens is 1. The maximum Gasteiger partial charge on any atom is 0.230 e. The molecule has 2 N–H and O–H groups in total. The molecule has 1 aliphatic carbocycles. The third-order valence-corrected chi connectivity index (χ3v) is 4.18. The van der Waals surface area contributed by atoms with Crippen molar-refractivity contribution in [3.63, 3.8) is 0 Å². The van der Waals surface area contributed by atoms with Crippen LogP contribution < -0.4 is 5.32 Å². The number of pyridine rings is 1. The molecule has 4 rings (SSSR count). The Kier molecular flexibility index (Phi) is 3.08. The van der Waals surface area contributed by atoms with Gasteiger partial charge in [0, 0.05) is 17.1 Å². The van der Waals surface area contributed by atoms with Crippen LogP contribution in [0.4, 0.5) is 5.95 Å². The number of carbonyl (C=O) groups is 1. The second-order valence-electron chi connectivity index (χ2n) is 5.45. The van der Waals surface area contributed by atoms with Crippen molar-refractivity contribution in [2.75, 3.05) is 5.32 Å². The molecule has 0 spiro atoms. The first-order valence-corrected chi connectivity index (χ1v) is 7.45. The van der Waals surface area contributed by atoms with Crippen molar-refractivity contribution in [2.24, 2.45) is 5.92 Å². The van der Waals surface area contributed by atoms with Crippen LogP contribution in [0.1, 0.15) is 17.9 Å². The molecule has 110 valence electrons. The normalized spacial score (nSPS) is 20.0. The van der Waals surface area contributed by atoms with E-state index in [4.69, 9.17) is 11.6 Å². The first kappa shape index (κ1) is 13.3. The maximum atomic E-state index is 12.3. The van der Waals surface area contributed by atoms with E-state index in [9.17, 15) is 4.79 Å². The Morgan fingerprint density at radius 2 is 2.09 bits per heavy atom. The molecule has 0 saturated heterocycles. The SMILES string of the molecule is O=C(Nc1nc2ncccc2[nH]1)[C@H]1C[C@@H]1c1ccc(Cl)cc1. The lowest BCUT2D eigenvalue weighted by molar-refractivity contribution is -0.117. The van der Waals surface area contributed by atoms with E-state index in [0.717, 1.165) is 17.5 Å². The number of benzene rings is 1. The number of nitrogens with zero attached hydrogens (tertiary/aromatic N) is 2. The van der Waals surface area contributed by atoms with E-state index in [1.54, 1.807) is 6.20 Å². The minimum absolute atomic E-state index is 0.0117. The van der Waals surface area contributed by atoms with Crippen molar-refractivity contribution < 1.29 is 4.79 Å². The molecule has 1 saturated carbocycles. The molecule has 22 heavy (non-hydrogen) atoms. The van der Waals surface area contributed by atoms with Crippen molar-refractivity contribution >= 4 is 34.6 Å². The van der Waals surface area contributed by atoms with Gasteiger partial charge in [-0.1, -0.05) is 23.7 Å². The monoisotopic (exact) mass is 312 g/mol. The zero-order chi connectivity index (χ0) is 15.1. The molecule has 0 unspecified atom stereocenters. The standard InChI is InChI=1S/C16H13ClN4O/c17-10-5-3-9(4-6-10)11-8-12(11)15(22)21-16-19-13-2-1-7-18-14(13)20-16/h1-7,11-12H,8H2,(H2,18,19,20,21,22)/t11-,12+/m1/s1. The zero-order valence-electron chi connectivity index (χ0n) is 11.6. The summed E-state index contributed by atoms with van der Waals surface area (Å²) in [6.07, 6.45) is 2.53. The van der Waals surface area contributed by atoms with Gasteiger partial charge in [0.1, 0.15) is 0 Å². The molecule has 3 aromatic rings. The van der Waals surface area contributed by atoms with Crippen LogP contribution in [0, 0.1) is 5.92 Å². The van der Waals surface area contributed by atoms with Crippen LogP contribution in [0.15, 0.2) is 42.6 Å². The highest BCUT2D eigenvalue weighted by Crippen LogP contribution is 2.48. The molecule has 1 fully saturated rings. The Labute approximate surface area is 131 Å². The van der Waals surface area contributed by atoms with Crippen molar-refractivity contribution in [1.82, 2.24) is 15.0 Å². The fraction of sp³-hybridized carbons (Fsp3) is 0.188. The summed E-state index contributed by atoms with van der Waals surface area (Å²) in [5, 5.41) is 3.54. The van der Waals surface area contributed by atoms with Gasteiger partial charge in [-0.05, 0) is 42.2 Å². The molecule has 2 aromatic heterocycles. The highest BCUT2D eigenvalue weighted by molar-refractivity contribution is 6.30. The van der Waals surface area contributed by atoms with Gasteiger partial charge in [0.2, 0.25) is 11.9 Å². The summed E-state index contributed by atoms with van der Waals surface area (Å²) in [6, 6.07) is 11.4. The van der Waals surface area contributed by atoms with E-state index < -0.39 is 0 Å². The van der Waals surface area contributed by atoms with Crippen LogP contribution in [0.3, 0.4) is 0 Å². The number of aromatic amines is 1. The number of nitrogens with one attached hydrogen (secondary N) is 2. The molecular weight excluding hydrogens is 300 g/mol. The molecule has 1 aromatic carbocycles. The van der Waals surface area contributed by atoms with Crippen LogP contribution in [0.25, 0.3) is 11.2 Å². The lowest BCUT2D eigenvalue weighted by Crippen LogP contribution is -2.15. The van der Waals surface area contributed by atoms with E-state index >= 15 is 0 Å². The van der Waals surface area contributed by atoms with Gasteiger partial charge in [0.05, 0.1) is 5.52 Å². The van der Waals surface area contributed by atoms with Crippen LogP contribution in [0.2, 0.25) is 5.02 Å². The molecule has 6 heteroatoms. The average molecular weight is 313 g/mol. The predicted molar refractivity (Wildman–Crippen MR) is 84.8 cm³/mol. The smallest absolute Gasteiger partial charge is 0.230 e. The Bertz CT molecular complexity index is 810. The van der Waals surface area contributed by atoms with E-state index in [-0.39, 0.29) is 17.7 Å². The molecule has 1 aliphatic rings. The molecule has 0 aliphatic heterocycles. The van der Waals surface area contributed by atoms with Crippen molar-refractivity contribution in [3.8, 4) is 0 Å². The first-order chi connectivity index (χ1) is 10.7. The Balaban J connectivity index is 1.46. The number of carbonyl (C=O) groups excluding carboxylic acids is 1. The first-order valence-electron chi connectivity index (χ1n) is 7.08. The van der Waals surface area contributed by atoms with E-state index in [0.29, 0.717) is 16.6 Å². The number of aromatic nitrogens is 3. The third kappa shape index (κ3) is 2.44. The zero-order valence-corrected chi connectivity index (χ0v) is 12.3. The highest BCUT2D eigenvalue weighted by atomic mass is 35.5. The average Bonchev–Trinajstić information content (AvgIpc) is 3.21. The van der Waals surface area contributed by atoms with Crippen LogP contribution in [-0.2, 0) is 4.79 Å². The molecular formula is C16H13ClN4O. The fourth-order valence-corrected chi connectivity index (χ4v) is 2.80. The number of amides is 1. The van der Waals surface area contributed by atoms with Crippen molar-refractivity contribution in [2.45, 2.75) is 12.3 Å². The molecule has 0 radical (unpaired) electrons. The van der Waals surface area contributed by atoms with Gasteiger partial charge in [-0.15, -0.1) is 0 Å². The van der Waals surface area contributed by atoms with Gasteiger partial charge >= 0.3 is 0 Å². The lowest BCUT2D eigenvalue weighted by Gasteiger charge is -2.02. The number of hydrogen-bond donors (Lipinski definition) is 2. The number of imidazole rings is 1. The fourth-order valence-electron chi connectivity index (χ4n) is 2.68. The number of anilines is 1. The van der Waals surface area contributed by atoms with Gasteiger partial charge in [-0.25, -0.2) is 4.98 Å². The topological polar surface area (TPSA) is 70.7 Å². The third-order valence-electron chi connectivity index (χ3n) is 3.92.